The Kier molecular flexibility index (Phi) is 7.36. The lowest BCUT2D eigenvalue weighted by atomic mass is 10.1. The minimum absolute atomic E-state index is 0.0257. The number of aliphatic imine (C=N–C) groups is 1. The number of aryl methyl sites for hydroxylation is 2. The maximum absolute atomic E-state index is 12.5. The van der Waals surface area contributed by atoms with Crippen molar-refractivity contribution < 1.29 is 23.9 Å². The minimum atomic E-state index is -0.644. The Morgan fingerprint density at radius 3 is 2.50 bits per heavy atom. The first-order chi connectivity index (χ1) is 17.2. The van der Waals surface area contributed by atoms with Gasteiger partial charge in [-0.15, -0.1) is 0 Å². The van der Waals surface area contributed by atoms with Gasteiger partial charge in [-0.25, -0.2) is 9.79 Å². The van der Waals surface area contributed by atoms with Gasteiger partial charge in [0.25, 0.3) is 5.69 Å². The number of ether oxygens (including phenoxy) is 3. The molecule has 0 saturated carbocycles. The van der Waals surface area contributed by atoms with E-state index in [2.05, 4.69) is 4.99 Å². The quantitative estimate of drug-likeness (QED) is 0.156. The summed E-state index contributed by atoms with van der Waals surface area (Å²) in [4.78, 5) is 27.3. The van der Waals surface area contributed by atoms with Crippen LogP contribution >= 0.6 is 11.6 Å². The van der Waals surface area contributed by atoms with Crippen molar-refractivity contribution in [1.82, 2.24) is 0 Å². The molecule has 0 atom stereocenters. The second kappa shape index (κ2) is 10.6. The van der Waals surface area contributed by atoms with Gasteiger partial charge in [-0.1, -0.05) is 41.4 Å². The van der Waals surface area contributed by atoms with Crippen molar-refractivity contribution in [3.8, 4) is 11.5 Å². The zero-order valence-electron chi connectivity index (χ0n) is 19.9. The van der Waals surface area contributed by atoms with E-state index in [1.165, 1.54) is 18.2 Å². The molecule has 4 rings (SSSR count). The summed E-state index contributed by atoms with van der Waals surface area (Å²) >= 11 is 6.52. The summed E-state index contributed by atoms with van der Waals surface area (Å²) in [6.45, 7) is 6.17. The monoisotopic (exact) mass is 506 g/mol. The van der Waals surface area contributed by atoms with Gasteiger partial charge in [0.15, 0.2) is 17.2 Å². The number of carbonyl (C=O) groups excluding carboxylic acids is 1. The van der Waals surface area contributed by atoms with Gasteiger partial charge in [-0.3, -0.25) is 10.1 Å². The van der Waals surface area contributed by atoms with E-state index >= 15 is 0 Å². The number of hydrogen-bond donors (Lipinski definition) is 0. The summed E-state index contributed by atoms with van der Waals surface area (Å²) in [5.41, 5.74) is 3.65. The van der Waals surface area contributed by atoms with E-state index < -0.39 is 10.9 Å². The Balaban J connectivity index is 1.60. The van der Waals surface area contributed by atoms with Crippen molar-refractivity contribution >= 4 is 35.2 Å². The molecule has 36 heavy (non-hydrogen) atoms. The van der Waals surface area contributed by atoms with Crippen molar-refractivity contribution in [2.75, 3.05) is 6.61 Å². The Bertz CT molecular complexity index is 1400. The molecule has 9 heteroatoms. The number of carbonyl (C=O) groups is 1. The van der Waals surface area contributed by atoms with Crippen LogP contribution in [0.25, 0.3) is 6.08 Å². The smallest absolute Gasteiger partial charge is 0.363 e. The molecule has 0 radical (unpaired) electrons. The van der Waals surface area contributed by atoms with Crippen LogP contribution in [0.1, 0.15) is 34.7 Å². The van der Waals surface area contributed by atoms with Gasteiger partial charge in [0.05, 0.1) is 16.6 Å². The Labute approximate surface area is 212 Å². The number of esters is 1. The summed E-state index contributed by atoms with van der Waals surface area (Å²) in [6, 6.07) is 15.7. The summed E-state index contributed by atoms with van der Waals surface area (Å²) in [5, 5.41) is 11.4. The molecule has 0 amide bonds. The summed E-state index contributed by atoms with van der Waals surface area (Å²) in [5.74, 6) is 0.263. The van der Waals surface area contributed by atoms with Crippen molar-refractivity contribution in [2.45, 2.75) is 27.4 Å². The second-order valence-electron chi connectivity index (χ2n) is 8.13. The highest BCUT2D eigenvalue weighted by Gasteiger charge is 2.26. The molecule has 3 aromatic carbocycles. The molecule has 184 valence electrons. The third-order valence-electron chi connectivity index (χ3n) is 5.40. The zero-order valence-corrected chi connectivity index (χ0v) is 20.7. The van der Waals surface area contributed by atoms with Crippen LogP contribution in [0.15, 0.2) is 65.3 Å². The van der Waals surface area contributed by atoms with Crippen molar-refractivity contribution in [1.29, 1.82) is 0 Å². The molecule has 0 aromatic heterocycles. The van der Waals surface area contributed by atoms with Gasteiger partial charge in [0.2, 0.25) is 5.90 Å². The number of nitro groups is 1. The highest BCUT2D eigenvalue weighted by atomic mass is 35.5. The van der Waals surface area contributed by atoms with Crippen LogP contribution in [0.2, 0.25) is 5.02 Å². The van der Waals surface area contributed by atoms with Crippen LogP contribution in [0, 0.1) is 24.0 Å². The normalized spacial score (nSPS) is 13.9. The van der Waals surface area contributed by atoms with Crippen molar-refractivity contribution in [3.05, 3.63) is 103 Å². The third-order valence-corrected chi connectivity index (χ3v) is 5.68. The predicted molar refractivity (Wildman–Crippen MR) is 137 cm³/mol. The fourth-order valence-corrected chi connectivity index (χ4v) is 3.87. The second-order valence-corrected chi connectivity index (χ2v) is 8.54. The first-order valence-corrected chi connectivity index (χ1v) is 11.6. The SMILES string of the molecule is CCOc1cc(/C=C2\N=C(c3ccc([N+](=O)[O-])c(C)c3)OC2=O)cc(Cl)c1OCc1ccc(C)cc1. The van der Waals surface area contributed by atoms with E-state index in [-0.39, 0.29) is 17.3 Å². The van der Waals surface area contributed by atoms with Crippen LogP contribution in [0.4, 0.5) is 5.69 Å². The summed E-state index contributed by atoms with van der Waals surface area (Å²) in [7, 11) is 0. The standard InChI is InChI=1S/C27H23ClN2O6/c1-4-34-24-14-19(12-21(28)25(24)35-15-18-7-5-16(2)6-8-18)13-22-27(31)36-26(29-22)20-9-10-23(30(32)33)17(3)11-20/h5-14H,4,15H2,1-3H3/b22-13-. The minimum Gasteiger partial charge on any atom is -0.490 e. The molecule has 0 unspecified atom stereocenters. The molecule has 0 fully saturated rings. The molecule has 0 N–H and O–H groups in total. The Morgan fingerprint density at radius 1 is 1.08 bits per heavy atom. The number of hydrogen-bond acceptors (Lipinski definition) is 7. The first kappa shape index (κ1) is 24.9. The van der Waals surface area contributed by atoms with Crippen molar-refractivity contribution in [3.63, 3.8) is 0 Å². The molecule has 0 saturated heterocycles. The number of halogens is 1. The van der Waals surface area contributed by atoms with E-state index in [4.69, 9.17) is 25.8 Å². The zero-order chi connectivity index (χ0) is 25.8. The summed E-state index contributed by atoms with van der Waals surface area (Å²) < 4.78 is 17.0. The molecule has 1 aliphatic rings. The maximum Gasteiger partial charge on any atom is 0.363 e. The molecular weight excluding hydrogens is 484 g/mol. The highest BCUT2D eigenvalue weighted by Crippen LogP contribution is 2.38. The van der Waals surface area contributed by atoms with Gasteiger partial charge in [0, 0.05) is 17.2 Å². The van der Waals surface area contributed by atoms with Gasteiger partial charge >= 0.3 is 5.97 Å². The maximum atomic E-state index is 12.5. The molecule has 3 aromatic rings. The molecular formula is C27H23ClN2O6. The lowest BCUT2D eigenvalue weighted by molar-refractivity contribution is -0.385. The van der Waals surface area contributed by atoms with Gasteiger partial charge < -0.3 is 14.2 Å². The fourth-order valence-electron chi connectivity index (χ4n) is 3.60. The van der Waals surface area contributed by atoms with Crippen LogP contribution in [-0.2, 0) is 16.1 Å². The van der Waals surface area contributed by atoms with Crippen LogP contribution < -0.4 is 9.47 Å². The first-order valence-electron chi connectivity index (χ1n) is 11.2. The number of benzene rings is 3. The molecule has 1 aliphatic heterocycles. The van der Waals surface area contributed by atoms with Gasteiger partial charge in [-0.05, 0) is 62.2 Å². The number of nitro benzene ring substituents is 1. The highest BCUT2D eigenvalue weighted by molar-refractivity contribution is 6.32. The van der Waals surface area contributed by atoms with E-state index in [1.807, 2.05) is 38.1 Å². The predicted octanol–water partition coefficient (Wildman–Crippen LogP) is 6.19. The van der Waals surface area contributed by atoms with Crippen molar-refractivity contribution in [2.24, 2.45) is 4.99 Å². The average Bonchev–Trinajstić information content (AvgIpc) is 3.19. The van der Waals surface area contributed by atoms with Gasteiger partial charge in [-0.2, -0.15) is 0 Å². The molecule has 0 spiro atoms. The van der Waals surface area contributed by atoms with Crippen LogP contribution in [-0.4, -0.2) is 23.4 Å². The van der Waals surface area contributed by atoms with E-state index in [0.717, 1.165) is 11.1 Å². The van der Waals surface area contributed by atoms with Crippen LogP contribution in [0.5, 0.6) is 11.5 Å². The molecule has 8 nitrogen and oxygen atoms in total. The molecule has 0 aliphatic carbocycles. The lowest BCUT2D eigenvalue weighted by Crippen LogP contribution is -2.06. The van der Waals surface area contributed by atoms with E-state index in [9.17, 15) is 14.9 Å². The van der Waals surface area contributed by atoms with E-state index in [0.29, 0.717) is 46.4 Å². The topological polar surface area (TPSA) is 100 Å². The van der Waals surface area contributed by atoms with E-state index in [1.54, 1.807) is 25.1 Å². The van der Waals surface area contributed by atoms with Crippen LogP contribution in [0.3, 0.4) is 0 Å². The number of cyclic esters (lactones) is 1. The summed E-state index contributed by atoms with van der Waals surface area (Å²) in [6.07, 6.45) is 1.53. The fraction of sp³-hybridized carbons (Fsp3) is 0.185. The average molecular weight is 507 g/mol. The Hall–Kier alpha value is -4.17. The largest absolute Gasteiger partial charge is 0.490 e. The number of nitrogens with zero attached hydrogens (tertiary/aromatic N) is 2. The van der Waals surface area contributed by atoms with Gasteiger partial charge in [0.1, 0.15) is 6.61 Å². The number of rotatable bonds is 8. The molecule has 0 bridgehead atoms. The molecule has 1 heterocycles. The lowest BCUT2D eigenvalue weighted by Gasteiger charge is -2.14. The third kappa shape index (κ3) is 5.55. The Morgan fingerprint density at radius 2 is 1.83 bits per heavy atom.